The molecule has 0 atom stereocenters. The molecule has 21 heavy (non-hydrogen) atoms. The summed E-state index contributed by atoms with van der Waals surface area (Å²) in [6.45, 7) is 3.20. The molecule has 0 amide bonds. The Labute approximate surface area is 131 Å². The first-order chi connectivity index (χ1) is 10.1. The van der Waals surface area contributed by atoms with Crippen molar-refractivity contribution in [2.24, 2.45) is 0 Å². The van der Waals surface area contributed by atoms with Crippen LogP contribution in [0.2, 0.25) is 0 Å². The van der Waals surface area contributed by atoms with Gasteiger partial charge in [-0.25, -0.2) is 4.79 Å². The zero-order valence-corrected chi connectivity index (χ0v) is 13.2. The number of hydrogen-bond acceptors (Lipinski definition) is 3. The zero-order valence-electron chi connectivity index (χ0n) is 11.6. The van der Waals surface area contributed by atoms with Crippen LogP contribution in [0, 0.1) is 6.92 Å². The molecule has 0 saturated carbocycles. The van der Waals surface area contributed by atoms with Gasteiger partial charge < -0.3 is 15.2 Å². The molecule has 0 aliphatic heterocycles. The SMILES string of the molecule is Cc1ccc(Br)cc1NCCOc1ccc(C(=O)O)cc1. The van der Waals surface area contributed by atoms with E-state index in [-0.39, 0.29) is 5.56 Å². The smallest absolute Gasteiger partial charge is 0.335 e. The third-order valence-electron chi connectivity index (χ3n) is 2.99. The number of carboxylic acid groups (broad SMARTS) is 1. The molecule has 0 aliphatic rings. The Morgan fingerprint density at radius 2 is 1.95 bits per heavy atom. The van der Waals surface area contributed by atoms with Gasteiger partial charge in [0.05, 0.1) is 5.56 Å². The second-order valence-electron chi connectivity index (χ2n) is 4.56. The fourth-order valence-corrected chi connectivity index (χ4v) is 2.19. The van der Waals surface area contributed by atoms with Gasteiger partial charge in [0.15, 0.2) is 0 Å². The fourth-order valence-electron chi connectivity index (χ4n) is 1.83. The number of aryl methyl sites for hydroxylation is 1. The van der Waals surface area contributed by atoms with Crippen LogP contribution in [0.25, 0.3) is 0 Å². The maximum atomic E-state index is 10.7. The summed E-state index contributed by atoms with van der Waals surface area (Å²) in [7, 11) is 0. The number of ether oxygens (including phenoxy) is 1. The minimum absolute atomic E-state index is 0.255. The molecule has 0 saturated heterocycles. The number of aromatic carboxylic acids is 1. The first-order valence-electron chi connectivity index (χ1n) is 6.52. The summed E-state index contributed by atoms with van der Waals surface area (Å²) in [6.07, 6.45) is 0. The molecule has 0 heterocycles. The van der Waals surface area contributed by atoms with Crippen LogP contribution in [0.3, 0.4) is 0 Å². The van der Waals surface area contributed by atoms with Crippen LogP contribution in [-0.2, 0) is 0 Å². The highest BCUT2D eigenvalue weighted by Gasteiger charge is 2.02. The summed E-state index contributed by atoms with van der Waals surface area (Å²) >= 11 is 3.44. The molecule has 2 aromatic carbocycles. The summed E-state index contributed by atoms with van der Waals surface area (Å²) in [5.41, 5.74) is 2.49. The Kier molecular flexibility index (Phi) is 5.22. The van der Waals surface area contributed by atoms with Crippen molar-refractivity contribution in [1.82, 2.24) is 0 Å². The molecule has 2 aromatic rings. The van der Waals surface area contributed by atoms with Crippen LogP contribution in [0.4, 0.5) is 5.69 Å². The standard InChI is InChI=1S/C16H16BrNO3/c1-11-2-5-13(17)10-15(11)18-8-9-21-14-6-3-12(4-7-14)16(19)20/h2-7,10,18H,8-9H2,1H3,(H,19,20). The monoisotopic (exact) mass is 349 g/mol. The van der Waals surface area contributed by atoms with E-state index in [1.165, 1.54) is 17.7 Å². The van der Waals surface area contributed by atoms with E-state index in [1.54, 1.807) is 12.1 Å². The molecule has 0 spiro atoms. The Bertz CT molecular complexity index is 626. The summed E-state index contributed by atoms with van der Waals surface area (Å²) in [4.78, 5) is 10.7. The maximum Gasteiger partial charge on any atom is 0.335 e. The summed E-state index contributed by atoms with van der Waals surface area (Å²) in [5, 5.41) is 12.1. The molecule has 5 heteroatoms. The van der Waals surface area contributed by atoms with E-state index in [0.29, 0.717) is 18.9 Å². The van der Waals surface area contributed by atoms with Gasteiger partial charge in [-0.3, -0.25) is 0 Å². The van der Waals surface area contributed by atoms with Crippen molar-refractivity contribution in [3.63, 3.8) is 0 Å². The first kappa shape index (κ1) is 15.4. The third-order valence-corrected chi connectivity index (χ3v) is 3.48. The van der Waals surface area contributed by atoms with Gasteiger partial charge in [-0.2, -0.15) is 0 Å². The highest BCUT2D eigenvalue weighted by Crippen LogP contribution is 2.20. The van der Waals surface area contributed by atoms with E-state index in [0.717, 1.165) is 10.2 Å². The predicted molar refractivity (Wildman–Crippen MR) is 86.3 cm³/mol. The van der Waals surface area contributed by atoms with E-state index in [2.05, 4.69) is 21.2 Å². The Morgan fingerprint density at radius 1 is 1.24 bits per heavy atom. The van der Waals surface area contributed by atoms with Crippen LogP contribution in [0.15, 0.2) is 46.9 Å². The Hall–Kier alpha value is -2.01. The lowest BCUT2D eigenvalue weighted by Crippen LogP contribution is -2.12. The van der Waals surface area contributed by atoms with E-state index in [4.69, 9.17) is 9.84 Å². The average Bonchev–Trinajstić information content (AvgIpc) is 2.47. The molecule has 4 nitrogen and oxygen atoms in total. The number of anilines is 1. The fraction of sp³-hybridized carbons (Fsp3) is 0.188. The predicted octanol–water partition coefficient (Wildman–Crippen LogP) is 3.95. The van der Waals surface area contributed by atoms with Gasteiger partial charge in [-0.05, 0) is 48.9 Å². The molecule has 0 radical (unpaired) electrons. The van der Waals surface area contributed by atoms with Gasteiger partial charge in [0.2, 0.25) is 0 Å². The van der Waals surface area contributed by atoms with Gasteiger partial charge in [0, 0.05) is 16.7 Å². The van der Waals surface area contributed by atoms with Gasteiger partial charge in [0.25, 0.3) is 0 Å². The van der Waals surface area contributed by atoms with Crippen molar-refractivity contribution in [2.75, 3.05) is 18.5 Å². The van der Waals surface area contributed by atoms with E-state index in [9.17, 15) is 4.79 Å². The largest absolute Gasteiger partial charge is 0.492 e. The van der Waals surface area contributed by atoms with E-state index >= 15 is 0 Å². The number of benzene rings is 2. The first-order valence-corrected chi connectivity index (χ1v) is 7.32. The number of carbonyl (C=O) groups is 1. The molecule has 0 aromatic heterocycles. The van der Waals surface area contributed by atoms with Crippen LogP contribution in [0.5, 0.6) is 5.75 Å². The van der Waals surface area contributed by atoms with Crippen molar-refractivity contribution >= 4 is 27.6 Å². The quantitative estimate of drug-likeness (QED) is 0.775. The van der Waals surface area contributed by atoms with Gasteiger partial charge in [-0.15, -0.1) is 0 Å². The Balaban J connectivity index is 1.81. The topological polar surface area (TPSA) is 58.6 Å². The zero-order chi connectivity index (χ0) is 15.2. The second-order valence-corrected chi connectivity index (χ2v) is 5.48. The summed E-state index contributed by atoms with van der Waals surface area (Å²) in [5.74, 6) is -0.277. The lowest BCUT2D eigenvalue weighted by Gasteiger charge is -2.11. The average molecular weight is 350 g/mol. The van der Waals surface area contributed by atoms with Crippen molar-refractivity contribution in [2.45, 2.75) is 6.92 Å². The molecule has 0 bridgehead atoms. The van der Waals surface area contributed by atoms with Crippen molar-refractivity contribution < 1.29 is 14.6 Å². The number of hydrogen-bond donors (Lipinski definition) is 2. The van der Waals surface area contributed by atoms with E-state index < -0.39 is 5.97 Å². The number of carboxylic acids is 1. The second kappa shape index (κ2) is 7.13. The van der Waals surface area contributed by atoms with Crippen LogP contribution in [0.1, 0.15) is 15.9 Å². The van der Waals surface area contributed by atoms with Crippen molar-refractivity contribution in [3.8, 4) is 5.75 Å². The highest BCUT2D eigenvalue weighted by molar-refractivity contribution is 9.10. The van der Waals surface area contributed by atoms with Gasteiger partial charge >= 0.3 is 5.97 Å². The molecule has 2 N–H and O–H groups in total. The minimum Gasteiger partial charge on any atom is -0.492 e. The highest BCUT2D eigenvalue weighted by atomic mass is 79.9. The summed E-state index contributed by atoms with van der Waals surface area (Å²) in [6, 6.07) is 12.4. The molecule has 0 unspecified atom stereocenters. The van der Waals surface area contributed by atoms with Crippen molar-refractivity contribution in [3.05, 3.63) is 58.1 Å². The Morgan fingerprint density at radius 3 is 2.62 bits per heavy atom. The molecule has 0 fully saturated rings. The molecule has 0 aliphatic carbocycles. The number of rotatable bonds is 6. The summed E-state index contributed by atoms with van der Waals surface area (Å²) < 4.78 is 6.59. The maximum absolute atomic E-state index is 10.7. The number of nitrogens with one attached hydrogen (secondary N) is 1. The third kappa shape index (κ3) is 4.49. The lowest BCUT2D eigenvalue weighted by atomic mass is 10.2. The normalized spacial score (nSPS) is 10.2. The van der Waals surface area contributed by atoms with E-state index in [1.807, 2.05) is 25.1 Å². The molecule has 110 valence electrons. The van der Waals surface area contributed by atoms with Crippen LogP contribution in [-0.4, -0.2) is 24.2 Å². The van der Waals surface area contributed by atoms with Crippen LogP contribution < -0.4 is 10.1 Å². The number of halogens is 1. The lowest BCUT2D eigenvalue weighted by molar-refractivity contribution is 0.0697. The molecular formula is C16H16BrNO3. The molecule has 2 rings (SSSR count). The van der Waals surface area contributed by atoms with Gasteiger partial charge in [0.1, 0.15) is 12.4 Å². The van der Waals surface area contributed by atoms with Crippen molar-refractivity contribution in [1.29, 1.82) is 0 Å². The minimum atomic E-state index is -0.937. The van der Waals surface area contributed by atoms with Crippen LogP contribution >= 0.6 is 15.9 Å². The van der Waals surface area contributed by atoms with Gasteiger partial charge in [-0.1, -0.05) is 22.0 Å². The molecular weight excluding hydrogens is 334 g/mol.